The van der Waals surface area contributed by atoms with E-state index in [4.69, 9.17) is 14.2 Å². The second-order valence-corrected chi connectivity index (χ2v) is 7.59. The topological polar surface area (TPSA) is 81.5 Å². The number of carbonyl (C=O) groups is 2. The third-order valence-corrected chi connectivity index (χ3v) is 5.44. The molecule has 2 N–H and O–H groups in total. The maximum Gasteiger partial charge on any atom is 0.279 e. The van der Waals surface area contributed by atoms with Crippen molar-refractivity contribution < 1.29 is 28.7 Å². The summed E-state index contributed by atoms with van der Waals surface area (Å²) in [6, 6.07) is 14.8. The second kappa shape index (κ2) is 9.70. The van der Waals surface area contributed by atoms with Gasteiger partial charge in [0.1, 0.15) is 12.4 Å². The minimum atomic E-state index is -0.630. The number of rotatable bonds is 6. The summed E-state index contributed by atoms with van der Waals surface area (Å²) >= 11 is 0. The molecule has 2 aliphatic rings. The van der Waals surface area contributed by atoms with Gasteiger partial charge < -0.3 is 29.3 Å². The number of ether oxygens (including phenoxy) is 3. The molecule has 0 bridgehead atoms. The molecule has 8 heteroatoms. The largest absolute Gasteiger partial charge is 0.492 e. The summed E-state index contributed by atoms with van der Waals surface area (Å²) in [7, 11) is 0. The Morgan fingerprint density at radius 1 is 1.10 bits per heavy atom. The van der Waals surface area contributed by atoms with Crippen LogP contribution in [-0.4, -0.2) is 68.8 Å². The third kappa shape index (κ3) is 5.08. The summed E-state index contributed by atoms with van der Waals surface area (Å²) in [5, 5.41) is 2.94. The number of nitrogens with zero attached hydrogens (tertiary/aromatic N) is 1. The molecule has 164 valence electrons. The molecular formula is C23H28N3O5+. The Labute approximate surface area is 181 Å². The van der Waals surface area contributed by atoms with Crippen LogP contribution in [0, 0.1) is 0 Å². The highest BCUT2D eigenvalue weighted by molar-refractivity contribution is 5.93. The summed E-state index contributed by atoms with van der Waals surface area (Å²) in [5.41, 5.74) is 0.678. The van der Waals surface area contributed by atoms with Crippen LogP contribution >= 0.6 is 0 Å². The molecule has 1 atom stereocenters. The van der Waals surface area contributed by atoms with Gasteiger partial charge in [-0.05, 0) is 31.2 Å². The molecule has 2 aliphatic heterocycles. The molecule has 1 saturated heterocycles. The van der Waals surface area contributed by atoms with Crippen molar-refractivity contribution in [3.05, 3.63) is 48.5 Å². The fraction of sp³-hybridized carbons (Fsp3) is 0.391. The van der Waals surface area contributed by atoms with Crippen LogP contribution in [0.25, 0.3) is 0 Å². The monoisotopic (exact) mass is 426 g/mol. The average Bonchev–Trinajstić information content (AvgIpc) is 2.80. The molecule has 8 nitrogen and oxygen atoms in total. The van der Waals surface area contributed by atoms with Gasteiger partial charge in [0.2, 0.25) is 6.10 Å². The van der Waals surface area contributed by atoms with E-state index in [-0.39, 0.29) is 18.4 Å². The molecule has 2 aromatic rings. The molecule has 1 fully saturated rings. The van der Waals surface area contributed by atoms with E-state index in [0.717, 1.165) is 4.90 Å². The number of piperazine rings is 1. The minimum absolute atomic E-state index is 0.0661. The molecular weight excluding hydrogens is 398 g/mol. The Morgan fingerprint density at radius 2 is 1.81 bits per heavy atom. The molecule has 0 aromatic heterocycles. The fourth-order valence-electron chi connectivity index (χ4n) is 3.84. The van der Waals surface area contributed by atoms with Crippen LogP contribution in [0.1, 0.15) is 6.92 Å². The van der Waals surface area contributed by atoms with E-state index in [9.17, 15) is 9.59 Å². The average molecular weight is 426 g/mol. The smallest absolute Gasteiger partial charge is 0.279 e. The Hall–Kier alpha value is -3.26. The van der Waals surface area contributed by atoms with Crippen molar-refractivity contribution in [1.82, 2.24) is 4.90 Å². The number of carbonyl (C=O) groups excluding carboxylic acids is 2. The highest BCUT2D eigenvalue weighted by Crippen LogP contribution is 2.31. The van der Waals surface area contributed by atoms with E-state index in [1.165, 1.54) is 0 Å². The molecule has 0 spiro atoms. The van der Waals surface area contributed by atoms with E-state index in [1.54, 1.807) is 11.0 Å². The maximum atomic E-state index is 12.9. The number of nitrogens with one attached hydrogen (secondary N) is 2. The van der Waals surface area contributed by atoms with E-state index in [2.05, 4.69) is 5.32 Å². The van der Waals surface area contributed by atoms with E-state index >= 15 is 0 Å². The lowest BCUT2D eigenvalue weighted by atomic mass is 10.2. The van der Waals surface area contributed by atoms with Crippen molar-refractivity contribution in [2.45, 2.75) is 13.0 Å². The van der Waals surface area contributed by atoms with Gasteiger partial charge in [-0.3, -0.25) is 9.59 Å². The molecule has 0 unspecified atom stereocenters. The zero-order valence-electron chi connectivity index (χ0n) is 17.6. The van der Waals surface area contributed by atoms with Crippen LogP contribution in [0.4, 0.5) is 5.69 Å². The molecule has 4 rings (SSSR count). The minimum Gasteiger partial charge on any atom is -0.492 e. The van der Waals surface area contributed by atoms with Gasteiger partial charge in [0.05, 0.1) is 38.5 Å². The predicted octanol–water partition coefficient (Wildman–Crippen LogP) is 0.591. The number of hydrogen-bond acceptors (Lipinski definition) is 5. The fourth-order valence-corrected chi connectivity index (χ4v) is 3.84. The summed E-state index contributed by atoms with van der Waals surface area (Å²) < 4.78 is 17.1. The van der Waals surface area contributed by atoms with Crippen LogP contribution in [0.2, 0.25) is 0 Å². The Kier molecular flexibility index (Phi) is 6.57. The quantitative estimate of drug-likeness (QED) is 0.707. The normalized spacial score (nSPS) is 18.4. The molecule has 0 radical (unpaired) electrons. The molecule has 2 heterocycles. The summed E-state index contributed by atoms with van der Waals surface area (Å²) in [5.74, 6) is 1.80. The molecule has 2 amide bonds. The number of para-hydroxylation sites is 4. The number of benzene rings is 2. The van der Waals surface area contributed by atoms with Crippen LogP contribution in [0.15, 0.2) is 48.5 Å². The van der Waals surface area contributed by atoms with Crippen LogP contribution in [0.5, 0.6) is 17.2 Å². The Morgan fingerprint density at radius 3 is 2.58 bits per heavy atom. The van der Waals surface area contributed by atoms with Crippen molar-refractivity contribution in [1.29, 1.82) is 0 Å². The summed E-state index contributed by atoms with van der Waals surface area (Å²) in [6.07, 6.45) is -0.630. The van der Waals surface area contributed by atoms with Crippen molar-refractivity contribution in [3.63, 3.8) is 0 Å². The number of quaternary nitrogens is 1. The Balaban J connectivity index is 1.25. The van der Waals surface area contributed by atoms with Gasteiger partial charge in [0.15, 0.2) is 18.0 Å². The lowest BCUT2D eigenvalue weighted by molar-refractivity contribution is -0.895. The zero-order valence-corrected chi connectivity index (χ0v) is 17.6. The molecule has 2 aromatic carbocycles. The van der Waals surface area contributed by atoms with Crippen molar-refractivity contribution in [3.8, 4) is 17.2 Å². The lowest BCUT2D eigenvalue weighted by Crippen LogP contribution is -3.15. The van der Waals surface area contributed by atoms with Crippen molar-refractivity contribution >= 4 is 17.5 Å². The summed E-state index contributed by atoms with van der Waals surface area (Å²) in [4.78, 5) is 28.3. The lowest BCUT2D eigenvalue weighted by Gasteiger charge is -2.35. The van der Waals surface area contributed by atoms with Gasteiger partial charge in [0.25, 0.3) is 11.8 Å². The van der Waals surface area contributed by atoms with Crippen LogP contribution in [-0.2, 0) is 9.59 Å². The van der Waals surface area contributed by atoms with Crippen molar-refractivity contribution in [2.75, 3.05) is 51.3 Å². The predicted molar refractivity (Wildman–Crippen MR) is 115 cm³/mol. The first kappa shape index (κ1) is 21.0. The van der Waals surface area contributed by atoms with Crippen LogP contribution < -0.4 is 24.4 Å². The van der Waals surface area contributed by atoms with Gasteiger partial charge in [-0.15, -0.1) is 0 Å². The first-order valence-electron chi connectivity index (χ1n) is 10.7. The first-order valence-corrected chi connectivity index (χ1v) is 10.7. The van der Waals surface area contributed by atoms with E-state index in [0.29, 0.717) is 62.3 Å². The van der Waals surface area contributed by atoms with Gasteiger partial charge in [-0.1, -0.05) is 24.3 Å². The number of amides is 2. The highest BCUT2D eigenvalue weighted by Gasteiger charge is 2.34. The highest BCUT2D eigenvalue weighted by atomic mass is 16.6. The maximum absolute atomic E-state index is 12.9. The van der Waals surface area contributed by atoms with E-state index < -0.39 is 6.10 Å². The zero-order chi connectivity index (χ0) is 21.6. The SMILES string of the molecule is CCOc1ccccc1NC(=O)C[NH+]1CCN(C(=O)[C@H]2COc3ccccc3O2)CC1. The Bertz CT molecular complexity index is 927. The van der Waals surface area contributed by atoms with Gasteiger partial charge >= 0.3 is 0 Å². The second-order valence-electron chi connectivity index (χ2n) is 7.59. The van der Waals surface area contributed by atoms with Gasteiger partial charge in [0, 0.05) is 0 Å². The molecule has 0 aliphatic carbocycles. The number of fused-ring (bicyclic) bond motifs is 1. The third-order valence-electron chi connectivity index (χ3n) is 5.44. The molecule has 0 saturated carbocycles. The summed E-state index contributed by atoms with van der Waals surface area (Å²) in [6.45, 7) is 5.58. The first-order chi connectivity index (χ1) is 15.1. The number of anilines is 1. The standard InChI is InChI=1S/C23H27N3O5/c1-2-29-18-8-4-3-7-17(18)24-22(27)15-25-11-13-26(14-12-25)23(28)21-16-30-19-9-5-6-10-20(19)31-21/h3-10,21H,2,11-16H2,1H3,(H,24,27)/p+1/t21-/m1/s1. The van der Waals surface area contributed by atoms with Crippen molar-refractivity contribution in [2.24, 2.45) is 0 Å². The van der Waals surface area contributed by atoms with E-state index in [1.807, 2.05) is 49.4 Å². The van der Waals surface area contributed by atoms with Crippen LogP contribution in [0.3, 0.4) is 0 Å². The van der Waals surface area contributed by atoms with Gasteiger partial charge in [-0.25, -0.2) is 0 Å². The van der Waals surface area contributed by atoms with Gasteiger partial charge in [-0.2, -0.15) is 0 Å². The molecule has 31 heavy (non-hydrogen) atoms. The number of hydrogen-bond donors (Lipinski definition) is 2.